The van der Waals surface area contributed by atoms with Crippen LogP contribution in [-0.4, -0.2) is 42.2 Å². The minimum atomic E-state index is -0.146. The summed E-state index contributed by atoms with van der Waals surface area (Å²) in [5.74, 6) is -0.146. The number of anilines is 1. The van der Waals surface area contributed by atoms with Gasteiger partial charge in [0, 0.05) is 36.9 Å². The number of hydrogen-bond acceptors (Lipinski definition) is 4. The Morgan fingerprint density at radius 3 is 2.30 bits per heavy atom. The number of carbonyl (C=O) groups is 1. The van der Waals surface area contributed by atoms with E-state index in [4.69, 9.17) is 11.6 Å². The number of rotatable bonds is 2. The molecule has 0 aliphatic carbocycles. The van der Waals surface area contributed by atoms with Crippen molar-refractivity contribution in [2.24, 2.45) is 4.99 Å². The topological polar surface area (TPSA) is 35.9 Å². The van der Waals surface area contributed by atoms with Crippen molar-refractivity contribution >= 4 is 46.2 Å². The number of amidine groups is 1. The standard InChI is InChI=1S/C24H26ClN3OS/c1-24(2,3)18-9-7-17(8-10-18)15-21-22(29)26-23(30-21)28-13-11-27(12-14-28)20-6-4-5-19(25)16-20/h4-10,15-16H,11-14H2,1-3H3/b21-15-. The van der Waals surface area contributed by atoms with Crippen molar-refractivity contribution in [3.63, 3.8) is 0 Å². The lowest BCUT2D eigenvalue weighted by Gasteiger charge is -2.36. The van der Waals surface area contributed by atoms with Gasteiger partial charge in [0.15, 0.2) is 5.17 Å². The molecule has 0 spiro atoms. The lowest BCUT2D eigenvalue weighted by molar-refractivity contribution is -0.113. The Bertz CT molecular complexity index is 1000. The summed E-state index contributed by atoms with van der Waals surface area (Å²) in [7, 11) is 0. The lowest BCUT2D eigenvalue weighted by atomic mass is 9.87. The van der Waals surface area contributed by atoms with Crippen LogP contribution >= 0.6 is 23.4 Å². The van der Waals surface area contributed by atoms with Gasteiger partial charge >= 0.3 is 0 Å². The van der Waals surface area contributed by atoms with Crippen LogP contribution in [0.25, 0.3) is 6.08 Å². The van der Waals surface area contributed by atoms with Gasteiger partial charge in [-0.1, -0.05) is 62.7 Å². The molecule has 4 rings (SSSR count). The molecule has 4 nitrogen and oxygen atoms in total. The highest BCUT2D eigenvalue weighted by molar-refractivity contribution is 8.18. The van der Waals surface area contributed by atoms with Crippen molar-refractivity contribution in [1.29, 1.82) is 0 Å². The molecule has 156 valence electrons. The Balaban J connectivity index is 1.39. The summed E-state index contributed by atoms with van der Waals surface area (Å²) in [5.41, 5.74) is 3.57. The predicted molar refractivity (Wildman–Crippen MR) is 128 cm³/mol. The fourth-order valence-electron chi connectivity index (χ4n) is 3.59. The molecule has 1 saturated heterocycles. The first-order chi connectivity index (χ1) is 14.3. The molecule has 0 radical (unpaired) electrons. The Hall–Kier alpha value is -2.24. The van der Waals surface area contributed by atoms with Crippen LogP contribution in [0.1, 0.15) is 31.9 Å². The average Bonchev–Trinajstić information content (AvgIpc) is 3.08. The number of benzene rings is 2. The number of thioether (sulfide) groups is 1. The first-order valence-electron chi connectivity index (χ1n) is 10.2. The van der Waals surface area contributed by atoms with Gasteiger partial charge in [-0.15, -0.1) is 0 Å². The molecule has 0 saturated carbocycles. The van der Waals surface area contributed by atoms with Crippen LogP contribution in [0.3, 0.4) is 0 Å². The molecule has 2 heterocycles. The largest absolute Gasteiger partial charge is 0.368 e. The zero-order valence-corrected chi connectivity index (χ0v) is 19.1. The molecule has 0 N–H and O–H groups in total. The van der Waals surface area contributed by atoms with Crippen molar-refractivity contribution in [3.8, 4) is 0 Å². The van der Waals surface area contributed by atoms with Gasteiger partial charge in [-0.05, 0) is 52.6 Å². The molecular weight excluding hydrogens is 414 g/mol. The van der Waals surface area contributed by atoms with Gasteiger partial charge in [0.1, 0.15) is 0 Å². The van der Waals surface area contributed by atoms with E-state index in [1.165, 1.54) is 17.3 Å². The molecule has 2 aliphatic rings. The number of carbonyl (C=O) groups excluding carboxylic acids is 1. The first kappa shape index (κ1) is 21.0. The molecule has 0 aromatic heterocycles. The Labute approximate surface area is 187 Å². The summed E-state index contributed by atoms with van der Waals surface area (Å²) < 4.78 is 0. The highest BCUT2D eigenvalue weighted by Gasteiger charge is 2.28. The predicted octanol–water partition coefficient (Wildman–Crippen LogP) is 5.43. The first-order valence-corrected chi connectivity index (χ1v) is 11.4. The second kappa shape index (κ2) is 8.48. The lowest BCUT2D eigenvalue weighted by Crippen LogP contribution is -2.47. The third-order valence-corrected chi connectivity index (χ3v) is 6.69. The second-order valence-corrected chi connectivity index (χ2v) is 10.1. The Morgan fingerprint density at radius 2 is 1.67 bits per heavy atom. The minimum Gasteiger partial charge on any atom is -0.368 e. The molecular formula is C24H26ClN3OS. The zero-order chi connectivity index (χ0) is 21.3. The molecule has 30 heavy (non-hydrogen) atoms. The van der Waals surface area contributed by atoms with Crippen LogP contribution in [0.2, 0.25) is 5.02 Å². The van der Waals surface area contributed by atoms with Crippen molar-refractivity contribution in [2.45, 2.75) is 26.2 Å². The second-order valence-electron chi connectivity index (χ2n) is 8.64. The van der Waals surface area contributed by atoms with Crippen molar-refractivity contribution in [1.82, 2.24) is 4.90 Å². The summed E-state index contributed by atoms with van der Waals surface area (Å²) in [6.45, 7) is 10.0. The van der Waals surface area contributed by atoms with E-state index >= 15 is 0 Å². The van der Waals surface area contributed by atoms with Crippen molar-refractivity contribution in [3.05, 3.63) is 69.6 Å². The molecule has 2 aliphatic heterocycles. The van der Waals surface area contributed by atoms with Crippen LogP contribution < -0.4 is 4.90 Å². The molecule has 6 heteroatoms. The third kappa shape index (κ3) is 4.73. The summed E-state index contributed by atoms with van der Waals surface area (Å²) in [4.78, 5) is 22.0. The van der Waals surface area contributed by atoms with E-state index in [0.29, 0.717) is 4.91 Å². The highest BCUT2D eigenvalue weighted by Crippen LogP contribution is 2.32. The molecule has 2 aromatic rings. The SMILES string of the molecule is CC(C)(C)c1ccc(/C=C2\SC(N3CCN(c4cccc(Cl)c4)CC3)=NC2=O)cc1. The molecule has 0 atom stereocenters. The van der Waals surface area contributed by atoms with E-state index in [-0.39, 0.29) is 11.3 Å². The van der Waals surface area contributed by atoms with E-state index in [2.05, 4.69) is 65.9 Å². The number of aliphatic imine (C=N–C) groups is 1. The monoisotopic (exact) mass is 439 g/mol. The Morgan fingerprint density at radius 1 is 1.00 bits per heavy atom. The van der Waals surface area contributed by atoms with Gasteiger partial charge in [-0.2, -0.15) is 4.99 Å². The normalized spacial score (nSPS) is 18.9. The minimum absolute atomic E-state index is 0.118. The van der Waals surface area contributed by atoms with E-state index in [1.54, 1.807) is 0 Å². The van der Waals surface area contributed by atoms with E-state index < -0.39 is 0 Å². The fourth-order valence-corrected chi connectivity index (χ4v) is 4.74. The average molecular weight is 440 g/mol. The van der Waals surface area contributed by atoms with Crippen LogP contribution in [0.5, 0.6) is 0 Å². The van der Waals surface area contributed by atoms with Gasteiger partial charge in [0.2, 0.25) is 0 Å². The fraction of sp³-hybridized carbons (Fsp3) is 0.333. The quantitative estimate of drug-likeness (QED) is 0.584. The van der Waals surface area contributed by atoms with Gasteiger partial charge in [-0.3, -0.25) is 4.79 Å². The highest BCUT2D eigenvalue weighted by atomic mass is 35.5. The molecule has 2 aromatic carbocycles. The molecule has 0 bridgehead atoms. The molecule has 0 unspecified atom stereocenters. The van der Waals surface area contributed by atoms with Crippen LogP contribution in [0, 0.1) is 0 Å². The zero-order valence-electron chi connectivity index (χ0n) is 17.6. The van der Waals surface area contributed by atoms with Crippen LogP contribution in [-0.2, 0) is 10.2 Å². The van der Waals surface area contributed by atoms with Crippen LogP contribution in [0.15, 0.2) is 58.4 Å². The number of piperazine rings is 1. The number of amides is 1. The van der Waals surface area contributed by atoms with E-state index in [1.807, 2.05) is 24.3 Å². The number of halogens is 1. The van der Waals surface area contributed by atoms with Crippen molar-refractivity contribution < 1.29 is 4.79 Å². The van der Waals surface area contributed by atoms with Gasteiger partial charge in [0.05, 0.1) is 4.91 Å². The maximum absolute atomic E-state index is 12.5. The van der Waals surface area contributed by atoms with Crippen molar-refractivity contribution in [2.75, 3.05) is 31.1 Å². The smallest absolute Gasteiger partial charge is 0.286 e. The van der Waals surface area contributed by atoms with Crippen LogP contribution in [0.4, 0.5) is 5.69 Å². The summed E-state index contributed by atoms with van der Waals surface area (Å²) in [5, 5.41) is 1.56. The summed E-state index contributed by atoms with van der Waals surface area (Å²) in [6, 6.07) is 16.4. The van der Waals surface area contributed by atoms with E-state index in [0.717, 1.165) is 47.6 Å². The van der Waals surface area contributed by atoms with Gasteiger partial charge in [-0.25, -0.2) is 0 Å². The maximum atomic E-state index is 12.5. The maximum Gasteiger partial charge on any atom is 0.286 e. The molecule has 1 fully saturated rings. The van der Waals surface area contributed by atoms with Gasteiger partial charge < -0.3 is 9.80 Å². The summed E-state index contributed by atoms with van der Waals surface area (Å²) in [6.07, 6.45) is 1.94. The Kier molecular flexibility index (Phi) is 5.94. The number of hydrogen-bond donors (Lipinski definition) is 0. The third-order valence-electron chi connectivity index (χ3n) is 5.41. The molecule has 1 amide bonds. The van der Waals surface area contributed by atoms with Gasteiger partial charge in [0.25, 0.3) is 5.91 Å². The van der Waals surface area contributed by atoms with E-state index in [9.17, 15) is 4.79 Å². The summed E-state index contributed by atoms with van der Waals surface area (Å²) >= 11 is 7.60. The number of nitrogens with zero attached hydrogens (tertiary/aromatic N) is 3.